The predicted octanol–water partition coefficient (Wildman–Crippen LogP) is 0.906. The Balaban J connectivity index is 1.60. The number of nitrogens with one attached hydrogen (secondary N) is 1. The number of benzene rings is 1. The molecule has 0 saturated carbocycles. The summed E-state index contributed by atoms with van der Waals surface area (Å²) in [4.78, 5) is 44.0. The molecule has 1 atom stereocenters. The summed E-state index contributed by atoms with van der Waals surface area (Å²) in [5.41, 5.74) is -0.182. The maximum atomic E-state index is 13.4. The zero-order chi connectivity index (χ0) is 19.0. The molecule has 1 N–H and O–H groups in total. The molecule has 2 amide bonds. The van der Waals surface area contributed by atoms with Crippen molar-refractivity contribution in [2.24, 2.45) is 7.05 Å². The molecule has 1 aromatic carbocycles. The lowest BCUT2D eigenvalue weighted by atomic mass is 9.85. The van der Waals surface area contributed by atoms with Crippen LogP contribution in [0.1, 0.15) is 41.9 Å². The molecule has 2 fully saturated rings. The van der Waals surface area contributed by atoms with E-state index < -0.39 is 11.2 Å². The number of hydrogen-bond acceptors (Lipinski definition) is 4. The third-order valence-corrected chi connectivity index (χ3v) is 5.63. The largest absolute Gasteiger partial charge is 0.343 e. The maximum absolute atomic E-state index is 13.4. The van der Waals surface area contributed by atoms with Crippen LogP contribution in [0.25, 0.3) is 0 Å². The summed E-state index contributed by atoms with van der Waals surface area (Å²) >= 11 is 0. The van der Waals surface area contributed by atoms with Gasteiger partial charge in [-0.25, -0.2) is 9.48 Å². The van der Waals surface area contributed by atoms with Gasteiger partial charge in [-0.3, -0.25) is 14.6 Å². The van der Waals surface area contributed by atoms with Crippen LogP contribution in [0.5, 0.6) is 0 Å². The monoisotopic (exact) mass is 369 g/mol. The Hall–Kier alpha value is -2.90. The highest BCUT2D eigenvalue weighted by molar-refractivity contribution is 5.97. The van der Waals surface area contributed by atoms with Crippen molar-refractivity contribution in [3.8, 4) is 0 Å². The molecule has 1 spiro atoms. The zero-order valence-corrected chi connectivity index (χ0v) is 15.4. The van der Waals surface area contributed by atoms with E-state index in [0.29, 0.717) is 32.5 Å². The van der Waals surface area contributed by atoms with Crippen molar-refractivity contribution in [3.05, 3.63) is 52.2 Å². The summed E-state index contributed by atoms with van der Waals surface area (Å²) in [6, 6.07) is 9.88. The van der Waals surface area contributed by atoms with Gasteiger partial charge >= 0.3 is 5.69 Å². The van der Waals surface area contributed by atoms with Crippen molar-refractivity contribution in [2.75, 3.05) is 13.1 Å². The molecule has 0 radical (unpaired) electrons. The standard InChI is InChI=1S/C19H23N5O3/c1-22-18(27)20-15(21-22)16(25)24-12-6-10-19(24)9-5-11-23(17(19)26)13-14-7-3-2-4-8-14/h2-4,7-8H,5-6,9-13H2,1H3,(H,20,21,27). The molecule has 4 rings (SSSR count). The molecular formula is C19H23N5O3. The van der Waals surface area contributed by atoms with E-state index in [2.05, 4.69) is 10.1 Å². The first kappa shape index (κ1) is 17.5. The first-order valence-corrected chi connectivity index (χ1v) is 9.30. The number of rotatable bonds is 3. The number of aryl methyl sites for hydroxylation is 1. The molecule has 1 aromatic heterocycles. The Labute approximate surface area is 156 Å². The Kier molecular flexibility index (Phi) is 4.33. The van der Waals surface area contributed by atoms with Crippen molar-refractivity contribution in [2.45, 2.75) is 37.8 Å². The van der Waals surface area contributed by atoms with E-state index >= 15 is 0 Å². The second-order valence-corrected chi connectivity index (χ2v) is 7.31. The van der Waals surface area contributed by atoms with Crippen molar-refractivity contribution < 1.29 is 9.59 Å². The summed E-state index contributed by atoms with van der Waals surface area (Å²) in [6.07, 6.45) is 2.93. The van der Waals surface area contributed by atoms with Gasteiger partial charge in [-0.1, -0.05) is 30.3 Å². The lowest BCUT2D eigenvalue weighted by molar-refractivity contribution is -0.146. The smallest absolute Gasteiger partial charge is 0.336 e. The molecular weight excluding hydrogens is 346 g/mol. The van der Waals surface area contributed by atoms with Gasteiger partial charge in [0.1, 0.15) is 5.54 Å². The van der Waals surface area contributed by atoms with Gasteiger partial charge in [0, 0.05) is 26.7 Å². The van der Waals surface area contributed by atoms with E-state index in [0.717, 1.165) is 23.1 Å². The van der Waals surface area contributed by atoms with Crippen molar-refractivity contribution in [3.63, 3.8) is 0 Å². The molecule has 0 bridgehead atoms. The minimum absolute atomic E-state index is 0.00160. The Morgan fingerprint density at radius 1 is 1.15 bits per heavy atom. The van der Waals surface area contributed by atoms with Gasteiger partial charge in [-0.2, -0.15) is 0 Å². The minimum Gasteiger partial charge on any atom is -0.336 e. The average molecular weight is 369 g/mol. The summed E-state index contributed by atoms with van der Waals surface area (Å²) in [7, 11) is 1.49. The lowest BCUT2D eigenvalue weighted by Crippen LogP contribution is -2.61. The average Bonchev–Trinajstić information content (AvgIpc) is 3.24. The summed E-state index contributed by atoms with van der Waals surface area (Å²) in [6.45, 7) is 1.74. The van der Waals surface area contributed by atoms with E-state index in [1.807, 2.05) is 35.2 Å². The number of aromatic nitrogens is 3. The number of nitrogens with zero attached hydrogens (tertiary/aromatic N) is 4. The molecule has 2 aliphatic heterocycles. The maximum Gasteiger partial charge on any atom is 0.343 e. The topological polar surface area (TPSA) is 91.3 Å². The number of H-pyrrole nitrogens is 1. The molecule has 142 valence electrons. The van der Waals surface area contributed by atoms with Crippen molar-refractivity contribution in [1.82, 2.24) is 24.6 Å². The first-order chi connectivity index (χ1) is 13.0. The van der Waals surface area contributed by atoms with Gasteiger partial charge in [-0.15, -0.1) is 5.10 Å². The molecule has 27 heavy (non-hydrogen) atoms. The van der Waals surface area contributed by atoms with Gasteiger partial charge in [-0.05, 0) is 31.2 Å². The van der Waals surface area contributed by atoms with Crippen LogP contribution in [0.3, 0.4) is 0 Å². The zero-order valence-electron chi connectivity index (χ0n) is 15.4. The number of aromatic amines is 1. The number of piperidine rings is 1. The van der Waals surface area contributed by atoms with Crippen LogP contribution in [0.2, 0.25) is 0 Å². The highest BCUT2D eigenvalue weighted by Crippen LogP contribution is 2.39. The highest BCUT2D eigenvalue weighted by atomic mass is 16.2. The lowest BCUT2D eigenvalue weighted by Gasteiger charge is -2.44. The van der Waals surface area contributed by atoms with Crippen LogP contribution in [0.4, 0.5) is 0 Å². The molecule has 2 saturated heterocycles. The predicted molar refractivity (Wildman–Crippen MR) is 97.9 cm³/mol. The number of likely N-dealkylation sites (tertiary alicyclic amines) is 2. The molecule has 3 heterocycles. The summed E-state index contributed by atoms with van der Waals surface area (Å²) in [5, 5.41) is 3.98. The van der Waals surface area contributed by atoms with Crippen LogP contribution in [0.15, 0.2) is 35.1 Å². The molecule has 8 nitrogen and oxygen atoms in total. The van der Waals surface area contributed by atoms with Gasteiger partial charge in [0.2, 0.25) is 11.7 Å². The Morgan fingerprint density at radius 2 is 1.85 bits per heavy atom. The van der Waals surface area contributed by atoms with E-state index in [1.54, 1.807) is 4.90 Å². The highest BCUT2D eigenvalue weighted by Gasteiger charge is 2.53. The quantitative estimate of drug-likeness (QED) is 0.870. The molecule has 0 aliphatic carbocycles. The van der Waals surface area contributed by atoms with Gasteiger partial charge < -0.3 is 9.80 Å². The van der Waals surface area contributed by atoms with Crippen LogP contribution >= 0.6 is 0 Å². The third-order valence-electron chi connectivity index (χ3n) is 5.63. The van der Waals surface area contributed by atoms with Crippen molar-refractivity contribution >= 4 is 11.8 Å². The number of carbonyl (C=O) groups is 2. The van der Waals surface area contributed by atoms with Crippen LogP contribution in [-0.4, -0.2) is 55.0 Å². The van der Waals surface area contributed by atoms with E-state index in [9.17, 15) is 14.4 Å². The van der Waals surface area contributed by atoms with E-state index in [4.69, 9.17) is 0 Å². The SMILES string of the molecule is Cn1nc(C(=O)N2CCCC23CCCN(Cc2ccccc2)C3=O)[nH]c1=O. The van der Waals surface area contributed by atoms with Gasteiger partial charge in [0.05, 0.1) is 0 Å². The van der Waals surface area contributed by atoms with E-state index in [1.165, 1.54) is 7.05 Å². The fraction of sp³-hybridized carbons (Fsp3) is 0.474. The van der Waals surface area contributed by atoms with Crippen LogP contribution in [0, 0.1) is 0 Å². The number of hydrogen-bond donors (Lipinski definition) is 1. The number of amides is 2. The molecule has 2 aliphatic rings. The fourth-order valence-electron chi connectivity index (χ4n) is 4.30. The minimum atomic E-state index is -0.821. The second kappa shape index (κ2) is 6.68. The second-order valence-electron chi connectivity index (χ2n) is 7.31. The molecule has 8 heteroatoms. The normalized spacial score (nSPS) is 22.6. The molecule has 1 unspecified atom stereocenters. The van der Waals surface area contributed by atoms with Crippen LogP contribution < -0.4 is 5.69 Å². The first-order valence-electron chi connectivity index (χ1n) is 9.30. The van der Waals surface area contributed by atoms with Gasteiger partial charge in [0.25, 0.3) is 5.91 Å². The van der Waals surface area contributed by atoms with E-state index in [-0.39, 0.29) is 17.6 Å². The summed E-state index contributed by atoms with van der Waals surface area (Å²) in [5.74, 6) is -0.376. The van der Waals surface area contributed by atoms with Crippen LogP contribution in [-0.2, 0) is 18.4 Å². The third kappa shape index (κ3) is 2.94. The summed E-state index contributed by atoms with van der Waals surface area (Å²) < 4.78 is 1.10. The Morgan fingerprint density at radius 3 is 2.52 bits per heavy atom. The van der Waals surface area contributed by atoms with Gasteiger partial charge in [0.15, 0.2) is 0 Å². The Bertz CT molecular complexity index is 919. The fourth-order valence-corrected chi connectivity index (χ4v) is 4.30. The molecule has 2 aromatic rings. The van der Waals surface area contributed by atoms with Crippen molar-refractivity contribution in [1.29, 1.82) is 0 Å². The number of carbonyl (C=O) groups excluding carboxylic acids is 2.